The highest BCUT2D eigenvalue weighted by Gasteiger charge is 2.24. The molecule has 1 atom stereocenters. The number of nitrogens with one attached hydrogen (secondary N) is 1. The number of hydrogen-bond donors (Lipinski definition) is 2. The molecule has 174 valence electrons. The molecule has 0 aliphatic carbocycles. The number of rotatable bonds is 10. The molecule has 0 amide bonds. The van der Waals surface area contributed by atoms with Crippen molar-refractivity contribution in [1.82, 2.24) is 0 Å². The maximum atomic E-state index is 14.6. The first-order chi connectivity index (χ1) is 15.4. The highest BCUT2D eigenvalue weighted by molar-refractivity contribution is 6.30. The van der Waals surface area contributed by atoms with Crippen LogP contribution in [0.4, 0.5) is 21.5 Å². The molecule has 1 fully saturated rings. The summed E-state index contributed by atoms with van der Waals surface area (Å²) in [5, 5.41) is 12.9. The fraction of sp³-hybridized carbons (Fsp3) is 0.458. The number of benzene rings is 2. The molecule has 0 radical (unpaired) electrons. The minimum atomic E-state index is -0.897. The topological polar surface area (TPSA) is 71.0 Å². The van der Waals surface area contributed by atoms with Gasteiger partial charge in [0, 0.05) is 43.9 Å². The summed E-state index contributed by atoms with van der Waals surface area (Å²) < 4.78 is 25.4. The van der Waals surface area contributed by atoms with Gasteiger partial charge in [-0.2, -0.15) is 0 Å². The molecule has 0 spiro atoms. The van der Waals surface area contributed by atoms with Crippen LogP contribution in [0.5, 0.6) is 0 Å². The van der Waals surface area contributed by atoms with Crippen molar-refractivity contribution in [3.05, 3.63) is 52.8 Å². The molecule has 6 nitrogen and oxygen atoms in total. The maximum absolute atomic E-state index is 14.6. The lowest BCUT2D eigenvalue weighted by Gasteiger charge is -2.37. The second kappa shape index (κ2) is 11.5. The van der Waals surface area contributed by atoms with Gasteiger partial charge in [0.1, 0.15) is 5.82 Å². The summed E-state index contributed by atoms with van der Waals surface area (Å²) in [4.78, 5) is 13.7. The van der Waals surface area contributed by atoms with Crippen LogP contribution in [0.25, 0.3) is 0 Å². The van der Waals surface area contributed by atoms with Gasteiger partial charge in [-0.15, -0.1) is 0 Å². The van der Waals surface area contributed by atoms with Gasteiger partial charge in [0.15, 0.2) is 0 Å². The van der Waals surface area contributed by atoms with Gasteiger partial charge >= 0.3 is 5.97 Å². The van der Waals surface area contributed by atoms with E-state index in [-0.39, 0.29) is 18.9 Å². The molecule has 8 heteroatoms. The largest absolute Gasteiger partial charge is 0.481 e. The first-order valence-corrected chi connectivity index (χ1v) is 11.2. The number of ether oxygens (including phenoxy) is 2. The summed E-state index contributed by atoms with van der Waals surface area (Å²) in [7, 11) is 1.55. The third kappa shape index (κ3) is 6.12. The van der Waals surface area contributed by atoms with Gasteiger partial charge in [-0.05, 0) is 55.7 Å². The number of methoxy groups -OCH3 is 1. The minimum Gasteiger partial charge on any atom is -0.481 e. The average molecular weight is 465 g/mol. The van der Waals surface area contributed by atoms with Crippen molar-refractivity contribution in [1.29, 1.82) is 0 Å². The van der Waals surface area contributed by atoms with E-state index in [9.17, 15) is 14.3 Å². The highest BCUT2D eigenvalue weighted by Crippen LogP contribution is 2.36. The van der Waals surface area contributed by atoms with E-state index in [1.54, 1.807) is 19.2 Å². The van der Waals surface area contributed by atoms with E-state index < -0.39 is 11.8 Å². The molecule has 3 rings (SSSR count). The Hall–Kier alpha value is -2.35. The summed E-state index contributed by atoms with van der Waals surface area (Å²) in [6, 6.07) is 10.6. The van der Waals surface area contributed by atoms with Gasteiger partial charge < -0.3 is 24.8 Å². The van der Waals surface area contributed by atoms with E-state index >= 15 is 0 Å². The molecule has 1 heterocycles. The Morgan fingerprint density at radius 1 is 1.28 bits per heavy atom. The number of anilines is 3. The predicted octanol–water partition coefficient (Wildman–Crippen LogP) is 5.43. The van der Waals surface area contributed by atoms with Crippen LogP contribution >= 0.6 is 11.6 Å². The van der Waals surface area contributed by atoms with Crippen molar-refractivity contribution >= 4 is 34.6 Å². The molecule has 0 saturated carbocycles. The number of hydrogen-bond acceptors (Lipinski definition) is 5. The van der Waals surface area contributed by atoms with Crippen molar-refractivity contribution in [3.8, 4) is 0 Å². The van der Waals surface area contributed by atoms with Crippen LogP contribution in [0.1, 0.15) is 37.7 Å². The lowest BCUT2D eigenvalue weighted by atomic mass is 9.94. The monoisotopic (exact) mass is 464 g/mol. The van der Waals surface area contributed by atoms with Crippen LogP contribution in [0.15, 0.2) is 36.4 Å². The summed E-state index contributed by atoms with van der Waals surface area (Å²) in [5.41, 5.74) is 2.77. The molecule has 1 saturated heterocycles. The van der Waals surface area contributed by atoms with Gasteiger partial charge in [0.05, 0.1) is 30.1 Å². The van der Waals surface area contributed by atoms with Crippen molar-refractivity contribution in [2.45, 2.75) is 38.1 Å². The zero-order valence-corrected chi connectivity index (χ0v) is 19.2. The molecular weight excluding hydrogens is 435 g/mol. The first-order valence-electron chi connectivity index (χ1n) is 10.8. The van der Waals surface area contributed by atoms with Gasteiger partial charge in [0.25, 0.3) is 0 Å². The minimum absolute atomic E-state index is 0.0562. The Labute approximate surface area is 193 Å². The SMILES string of the molecule is CCN(c1ccc([C@H](COC)CC(=O)O)cc1Nc1ccc(Cl)cc1F)C1CCOCC1. The van der Waals surface area contributed by atoms with E-state index in [0.29, 0.717) is 35.7 Å². The molecule has 2 aromatic rings. The van der Waals surface area contributed by atoms with E-state index in [0.717, 1.165) is 30.6 Å². The van der Waals surface area contributed by atoms with Crippen LogP contribution in [0.2, 0.25) is 5.02 Å². The summed E-state index contributed by atoms with van der Waals surface area (Å²) >= 11 is 5.92. The lowest BCUT2D eigenvalue weighted by molar-refractivity contribution is -0.137. The van der Waals surface area contributed by atoms with Crippen molar-refractivity contribution in [2.24, 2.45) is 0 Å². The molecule has 0 unspecified atom stereocenters. The fourth-order valence-corrected chi connectivity index (χ4v) is 4.36. The summed E-state index contributed by atoms with van der Waals surface area (Å²) in [6.07, 6.45) is 1.77. The molecule has 2 N–H and O–H groups in total. The molecule has 32 heavy (non-hydrogen) atoms. The number of aliphatic carboxylic acids is 1. The Balaban J connectivity index is 2.03. The van der Waals surface area contributed by atoms with Crippen molar-refractivity contribution in [2.75, 3.05) is 43.7 Å². The van der Waals surface area contributed by atoms with Gasteiger partial charge in [-0.1, -0.05) is 17.7 Å². The molecule has 0 aromatic heterocycles. The van der Waals surface area contributed by atoms with Crippen molar-refractivity contribution < 1.29 is 23.8 Å². The van der Waals surface area contributed by atoms with Crippen LogP contribution in [0.3, 0.4) is 0 Å². The highest BCUT2D eigenvalue weighted by atomic mass is 35.5. The Morgan fingerprint density at radius 2 is 2.03 bits per heavy atom. The molecule has 2 aromatic carbocycles. The average Bonchev–Trinajstić information content (AvgIpc) is 2.77. The first kappa shape index (κ1) is 24.3. The zero-order chi connectivity index (χ0) is 23.1. The summed E-state index contributed by atoms with van der Waals surface area (Å²) in [5.74, 6) is -1.67. The van der Waals surface area contributed by atoms with Crippen LogP contribution < -0.4 is 10.2 Å². The molecule has 1 aliphatic rings. The van der Waals surface area contributed by atoms with Gasteiger partial charge in [0.2, 0.25) is 0 Å². The number of nitrogens with zero attached hydrogens (tertiary/aromatic N) is 1. The third-order valence-corrected chi connectivity index (χ3v) is 6.00. The third-order valence-electron chi connectivity index (χ3n) is 5.76. The fourth-order valence-electron chi connectivity index (χ4n) is 4.20. The number of carboxylic acids is 1. The van der Waals surface area contributed by atoms with Gasteiger partial charge in [-0.3, -0.25) is 4.79 Å². The van der Waals surface area contributed by atoms with E-state index in [1.807, 2.05) is 18.2 Å². The second-order valence-electron chi connectivity index (χ2n) is 7.91. The van der Waals surface area contributed by atoms with E-state index in [4.69, 9.17) is 21.1 Å². The van der Waals surface area contributed by atoms with Crippen LogP contribution in [0, 0.1) is 5.82 Å². The Kier molecular flexibility index (Phi) is 8.73. The molecule has 1 aliphatic heterocycles. The number of carboxylic acid groups (broad SMARTS) is 1. The lowest BCUT2D eigenvalue weighted by Crippen LogP contribution is -2.39. The number of carbonyl (C=O) groups is 1. The standard InChI is InChI=1S/C24H30ClFN2O4/c1-3-28(19-8-10-32-11-9-19)23-7-4-16(17(15-31-2)13-24(29)30)12-22(23)27-21-6-5-18(25)14-20(21)26/h4-7,12,14,17,19,27H,3,8-11,13,15H2,1-2H3,(H,29,30)/t17-/m0/s1. The van der Waals surface area contributed by atoms with Crippen molar-refractivity contribution in [3.63, 3.8) is 0 Å². The molecular formula is C24H30ClFN2O4. The maximum Gasteiger partial charge on any atom is 0.304 e. The Morgan fingerprint density at radius 3 is 2.66 bits per heavy atom. The summed E-state index contributed by atoms with van der Waals surface area (Å²) in [6.45, 7) is 4.56. The normalized spacial score (nSPS) is 15.4. The number of halogens is 2. The predicted molar refractivity (Wildman–Crippen MR) is 125 cm³/mol. The van der Waals surface area contributed by atoms with Gasteiger partial charge in [-0.25, -0.2) is 4.39 Å². The smallest absolute Gasteiger partial charge is 0.304 e. The quantitative estimate of drug-likeness (QED) is 0.488. The zero-order valence-electron chi connectivity index (χ0n) is 18.4. The van der Waals surface area contributed by atoms with E-state index in [2.05, 4.69) is 17.1 Å². The van der Waals surface area contributed by atoms with Crippen LogP contribution in [-0.4, -0.2) is 50.6 Å². The second-order valence-corrected chi connectivity index (χ2v) is 8.34. The molecule has 0 bridgehead atoms. The van der Waals surface area contributed by atoms with E-state index in [1.165, 1.54) is 6.07 Å². The Bertz CT molecular complexity index is 921. The van der Waals surface area contributed by atoms with Crippen LogP contribution in [-0.2, 0) is 14.3 Å².